The molecule has 0 unspecified atom stereocenters. The van der Waals surface area contributed by atoms with Gasteiger partial charge in [-0.1, -0.05) is 57.2 Å². The number of carbonyl (C=O) groups excluding carboxylic acids is 1. The molecule has 4 nitrogen and oxygen atoms in total. The molecule has 2 rings (SSSR count). The quantitative estimate of drug-likeness (QED) is 0.697. The van der Waals surface area contributed by atoms with E-state index in [9.17, 15) is 9.90 Å². The minimum atomic E-state index is -1.20. The smallest absolute Gasteiger partial charge is 0.0716 e. The highest BCUT2D eigenvalue weighted by Gasteiger charge is 2.13. The van der Waals surface area contributed by atoms with E-state index in [2.05, 4.69) is 43.4 Å². The van der Waals surface area contributed by atoms with Crippen molar-refractivity contribution in [3.63, 3.8) is 0 Å². The fourth-order valence-electron chi connectivity index (χ4n) is 2.14. The van der Waals surface area contributed by atoms with Gasteiger partial charge in [0.25, 0.3) is 0 Å². The van der Waals surface area contributed by atoms with Crippen LogP contribution in [0.1, 0.15) is 49.2 Å². The van der Waals surface area contributed by atoms with Crippen molar-refractivity contribution in [1.29, 1.82) is 0 Å². The molecule has 0 aliphatic rings. The summed E-state index contributed by atoms with van der Waals surface area (Å²) >= 11 is 0. The minimum absolute atomic E-state index is 0.118. The number of nitrogens with zero attached hydrogens (tertiary/aromatic N) is 1. The molecule has 1 N–H and O–H groups in total. The second-order valence-electron chi connectivity index (χ2n) is 6.50. The molecule has 0 fully saturated rings. The Kier molecular flexibility index (Phi) is 4.84. The normalized spacial score (nSPS) is 12.1. The lowest BCUT2D eigenvalue weighted by atomic mass is 9.86. The van der Waals surface area contributed by atoms with E-state index in [1.54, 1.807) is 12.1 Å². The Morgan fingerprint density at radius 3 is 2.26 bits per heavy atom. The average Bonchev–Trinajstić information content (AvgIpc) is 2.52. The first-order valence-electron chi connectivity index (χ1n) is 7.50. The van der Waals surface area contributed by atoms with E-state index in [-0.39, 0.29) is 11.0 Å². The first-order chi connectivity index (χ1) is 10.8. The molecule has 0 bridgehead atoms. The number of nitrogens with one attached hydrogen (secondary N) is 1. The summed E-state index contributed by atoms with van der Waals surface area (Å²) < 4.78 is 0. The minimum Gasteiger partial charge on any atom is -0.545 e. The van der Waals surface area contributed by atoms with Crippen LogP contribution in [0.25, 0.3) is 0 Å². The van der Waals surface area contributed by atoms with Gasteiger partial charge in [-0.25, -0.2) is 0 Å². The number of carboxylic acids is 1. The van der Waals surface area contributed by atoms with Crippen molar-refractivity contribution in [2.24, 2.45) is 5.10 Å². The highest BCUT2D eigenvalue weighted by atomic mass is 16.4. The van der Waals surface area contributed by atoms with Crippen LogP contribution in [0.2, 0.25) is 0 Å². The molecule has 0 atom stereocenters. The summed E-state index contributed by atoms with van der Waals surface area (Å²) in [6.07, 6.45) is 0. The van der Waals surface area contributed by atoms with E-state index >= 15 is 0 Å². The van der Waals surface area contributed by atoms with Gasteiger partial charge in [0, 0.05) is 0 Å². The maximum absolute atomic E-state index is 10.9. The number of hydrazone groups is 1. The summed E-state index contributed by atoms with van der Waals surface area (Å²) in [5.74, 6) is -1.20. The Balaban J connectivity index is 2.14. The summed E-state index contributed by atoms with van der Waals surface area (Å²) in [4.78, 5) is 10.9. The fourth-order valence-corrected chi connectivity index (χ4v) is 2.14. The van der Waals surface area contributed by atoms with E-state index in [1.807, 2.05) is 19.1 Å². The standard InChI is InChI=1S/C19H22N2O2/c1-13(14-8-10-16(11-9-14)19(2,3)4)20-21-17-7-5-6-15(12-17)18(22)23/h5-12,21H,1-4H3,(H,22,23)/p-1/b20-13-. The van der Waals surface area contributed by atoms with Crippen LogP contribution in [0.4, 0.5) is 5.69 Å². The van der Waals surface area contributed by atoms with Crippen molar-refractivity contribution < 1.29 is 9.90 Å². The topological polar surface area (TPSA) is 64.5 Å². The van der Waals surface area contributed by atoms with Crippen molar-refractivity contribution in [3.8, 4) is 0 Å². The number of hydrogen-bond donors (Lipinski definition) is 1. The van der Waals surface area contributed by atoms with E-state index < -0.39 is 5.97 Å². The van der Waals surface area contributed by atoms with E-state index in [0.717, 1.165) is 11.3 Å². The number of benzene rings is 2. The molecule has 0 saturated heterocycles. The molecule has 120 valence electrons. The summed E-state index contributed by atoms with van der Waals surface area (Å²) in [7, 11) is 0. The molecule has 0 saturated carbocycles. The third-order valence-corrected chi connectivity index (χ3v) is 3.62. The first-order valence-corrected chi connectivity index (χ1v) is 7.50. The molecule has 2 aromatic carbocycles. The van der Waals surface area contributed by atoms with Gasteiger partial charge >= 0.3 is 0 Å². The molecule has 0 heterocycles. The molecule has 23 heavy (non-hydrogen) atoms. The molecule has 0 aromatic heterocycles. The molecule has 4 heteroatoms. The monoisotopic (exact) mass is 309 g/mol. The van der Waals surface area contributed by atoms with Crippen LogP contribution in [0.15, 0.2) is 53.6 Å². The van der Waals surface area contributed by atoms with Gasteiger partial charge in [0.2, 0.25) is 0 Å². The van der Waals surface area contributed by atoms with Crippen LogP contribution in [-0.2, 0) is 5.41 Å². The molecular weight excluding hydrogens is 288 g/mol. The average molecular weight is 309 g/mol. The van der Waals surface area contributed by atoms with Crippen molar-refractivity contribution >= 4 is 17.4 Å². The van der Waals surface area contributed by atoms with Crippen LogP contribution in [0.3, 0.4) is 0 Å². The van der Waals surface area contributed by atoms with Gasteiger partial charge in [-0.05, 0) is 41.2 Å². The largest absolute Gasteiger partial charge is 0.545 e. The Hall–Kier alpha value is -2.62. The third-order valence-electron chi connectivity index (χ3n) is 3.62. The SMILES string of the molecule is C/C(=N/Nc1cccc(C(=O)[O-])c1)c1ccc(C(C)(C)C)cc1. The number of hydrogen-bond acceptors (Lipinski definition) is 4. The summed E-state index contributed by atoms with van der Waals surface area (Å²) in [5, 5.41) is 15.2. The van der Waals surface area contributed by atoms with Crippen molar-refractivity contribution in [1.82, 2.24) is 0 Å². The number of carbonyl (C=O) groups is 1. The third kappa shape index (κ3) is 4.42. The van der Waals surface area contributed by atoms with Gasteiger partial charge < -0.3 is 9.90 Å². The number of anilines is 1. The number of aromatic carboxylic acids is 1. The second-order valence-corrected chi connectivity index (χ2v) is 6.50. The molecule has 0 amide bonds. The Labute approximate surface area is 136 Å². The van der Waals surface area contributed by atoms with Crippen molar-refractivity contribution in [3.05, 3.63) is 65.2 Å². The highest BCUT2D eigenvalue weighted by molar-refractivity contribution is 5.99. The number of rotatable bonds is 4. The van der Waals surface area contributed by atoms with Gasteiger partial charge in [-0.2, -0.15) is 5.10 Å². The first kappa shape index (κ1) is 16.7. The second kappa shape index (κ2) is 6.65. The van der Waals surface area contributed by atoms with Crippen LogP contribution in [0.5, 0.6) is 0 Å². The molecule has 2 aromatic rings. The van der Waals surface area contributed by atoms with Crippen molar-refractivity contribution in [2.75, 3.05) is 5.43 Å². The Morgan fingerprint density at radius 1 is 1.04 bits per heavy atom. The lowest BCUT2D eigenvalue weighted by Gasteiger charge is -2.19. The van der Waals surface area contributed by atoms with Crippen molar-refractivity contribution in [2.45, 2.75) is 33.1 Å². The summed E-state index contributed by atoms with van der Waals surface area (Å²) in [5.41, 5.74) is 6.84. The van der Waals surface area contributed by atoms with Crippen LogP contribution in [-0.4, -0.2) is 11.7 Å². The molecule has 0 aliphatic heterocycles. The predicted octanol–water partition coefficient (Wildman–Crippen LogP) is 3.18. The van der Waals surface area contributed by atoms with Gasteiger partial charge in [0.05, 0.1) is 17.4 Å². The lowest BCUT2D eigenvalue weighted by molar-refractivity contribution is -0.255. The molecule has 0 radical (unpaired) electrons. The molecular formula is C19H21N2O2-. The van der Waals surface area contributed by atoms with Crippen LogP contribution in [0, 0.1) is 0 Å². The summed E-state index contributed by atoms with van der Waals surface area (Å²) in [6.45, 7) is 8.43. The maximum Gasteiger partial charge on any atom is 0.0716 e. The lowest BCUT2D eigenvalue weighted by Crippen LogP contribution is -2.22. The van der Waals surface area contributed by atoms with E-state index in [0.29, 0.717) is 5.69 Å². The van der Waals surface area contributed by atoms with Gasteiger partial charge in [0.15, 0.2) is 0 Å². The molecule has 0 aliphatic carbocycles. The molecule has 0 spiro atoms. The maximum atomic E-state index is 10.9. The highest BCUT2D eigenvalue weighted by Crippen LogP contribution is 2.22. The van der Waals surface area contributed by atoms with Gasteiger partial charge in [0.1, 0.15) is 0 Å². The van der Waals surface area contributed by atoms with Crippen LogP contribution >= 0.6 is 0 Å². The Morgan fingerprint density at radius 2 is 1.70 bits per heavy atom. The Bertz CT molecular complexity index is 726. The van der Waals surface area contributed by atoms with E-state index in [1.165, 1.54) is 17.7 Å². The van der Waals surface area contributed by atoms with Gasteiger partial charge in [-0.15, -0.1) is 0 Å². The zero-order valence-electron chi connectivity index (χ0n) is 13.9. The van der Waals surface area contributed by atoms with Gasteiger partial charge in [-0.3, -0.25) is 5.43 Å². The van der Waals surface area contributed by atoms with Crippen LogP contribution < -0.4 is 10.5 Å². The van der Waals surface area contributed by atoms with E-state index in [4.69, 9.17) is 0 Å². The summed E-state index contributed by atoms with van der Waals surface area (Å²) in [6, 6.07) is 14.7. The zero-order chi connectivity index (χ0) is 17.0. The fraction of sp³-hybridized carbons (Fsp3) is 0.263. The predicted molar refractivity (Wildman–Crippen MR) is 91.7 cm³/mol. The number of carboxylic acid groups (broad SMARTS) is 1. The zero-order valence-corrected chi connectivity index (χ0v) is 13.9.